The smallest absolute Gasteiger partial charge is 0.237 e. The molecule has 2 amide bonds. The van der Waals surface area contributed by atoms with E-state index in [2.05, 4.69) is 46.5 Å². The van der Waals surface area contributed by atoms with Crippen molar-refractivity contribution in [3.8, 4) is 0 Å². The van der Waals surface area contributed by atoms with Crippen molar-refractivity contribution in [1.82, 2.24) is 24.9 Å². The van der Waals surface area contributed by atoms with Gasteiger partial charge in [0, 0.05) is 46.5 Å². The highest BCUT2D eigenvalue weighted by Crippen LogP contribution is 2.15. The number of carbonyl (C=O) groups excluding carboxylic acids is 2. The Kier molecular flexibility index (Phi) is 6.46. The summed E-state index contributed by atoms with van der Waals surface area (Å²) in [6.07, 6.45) is 4.72. The van der Waals surface area contributed by atoms with Crippen molar-refractivity contribution in [3.05, 3.63) is 53.3 Å². The molecule has 1 saturated heterocycles. The van der Waals surface area contributed by atoms with Crippen LogP contribution in [0.1, 0.15) is 23.1 Å². The number of carbonyl (C=O) groups is 2. The largest absolute Gasteiger partial charge is 0.353 e. The van der Waals surface area contributed by atoms with Gasteiger partial charge < -0.3 is 10.2 Å². The standard InChI is InChI=1S/C21H29N5O2/c1-16-4-6-17(7-5-16)15-26-11-9-22-21(28)19(26)12-20(27)24(2)10-8-18-13-23-25(3)14-18/h4-7,13-14,19H,8-12,15H2,1-3H3,(H,22,28)/t19-/m0/s1. The molecule has 0 spiro atoms. The molecule has 0 bridgehead atoms. The van der Waals surface area contributed by atoms with E-state index in [1.807, 2.05) is 19.4 Å². The van der Waals surface area contributed by atoms with Gasteiger partial charge in [-0.25, -0.2) is 0 Å². The lowest BCUT2D eigenvalue weighted by Crippen LogP contribution is -2.56. The Hall–Kier alpha value is -2.67. The van der Waals surface area contributed by atoms with Crippen LogP contribution in [0, 0.1) is 6.92 Å². The zero-order valence-corrected chi connectivity index (χ0v) is 16.9. The number of nitrogens with one attached hydrogen (secondary N) is 1. The first kappa shape index (κ1) is 20.1. The maximum Gasteiger partial charge on any atom is 0.237 e. The second-order valence-corrected chi connectivity index (χ2v) is 7.55. The summed E-state index contributed by atoms with van der Waals surface area (Å²) in [6, 6.07) is 7.89. The van der Waals surface area contributed by atoms with E-state index in [9.17, 15) is 9.59 Å². The molecule has 2 aromatic rings. The van der Waals surface area contributed by atoms with Crippen LogP contribution in [0.5, 0.6) is 0 Å². The van der Waals surface area contributed by atoms with Crippen LogP contribution in [0.25, 0.3) is 0 Å². The lowest BCUT2D eigenvalue weighted by atomic mass is 10.1. The fourth-order valence-electron chi connectivity index (χ4n) is 3.44. The topological polar surface area (TPSA) is 70.5 Å². The van der Waals surface area contributed by atoms with E-state index in [0.29, 0.717) is 19.6 Å². The molecule has 7 nitrogen and oxygen atoms in total. The third-order valence-electron chi connectivity index (χ3n) is 5.24. The van der Waals surface area contributed by atoms with E-state index in [-0.39, 0.29) is 18.2 Å². The van der Waals surface area contributed by atoms with E-state index in [0.717, 1.165) is 24.1 Å². The predicted octanol–water partition coefficient (Wildman–Crippen LogP) is 1.12. The maximum atomic E-state index is 12.7. The summed E-state index contributed by atoms with van der Waals surface area (Å²) < 4.78 is 1.76. The van der Waals surface area contributed by atoms with E-state index in [1.165, 1.54) is 5.56 Å². The second-order valence-electron chi connectivity index (χ2n) is 7.55. The maximum absolute atomic E-state index is 12.7. The number of likely N-dealkylation sites (N-methyl/N-ethyl adjacent to an activating group) is 1. The van der Waals surface area contributed by atoms with Gasteiger partial charge in [0.1, 0.15) is 0 Å². The van der Waals surface area contributed by atoms with Crippen LogP contribution in [0.15, 0.2) is 36.7 Å². The molecule has 1 fully saturated rings. The number of aryl methyl sites for hydroxylation is 2. The number of benzene rings is 1. The summed E-state index contributed by atoms with van der Waals surface area (Å²) in [5.41, 5.74) is 3.46. The van der Waals surface area contributed by atoms with Crippen molar-refractivity contribution in [1.29, 1.82) is 0 Å². The number of hydrogen-bond acceptors (Lipinski definition) is 4. The molecule has 150 valence electrons. The van der Waals surface area contributed by atoms with Gasteiger partial charge in [0.15, 0.2) is 0 Å². The summed E-state index contributed by atoms with van der Waals surface area (Å²) in [4.78, 5) is 29.0. The van der Waals surface area contributed by atoms with E-state index in [4.69, 9.17) is 0 Å². The summed E-state index contributed by atoms with van der Waals surface area (Å²) >= 11 is 0. The Bertz CT molecular complexity index is 814. The fourth-order valence-corrected chi connectivity index (χ4v) is 3.44. The zero-order chi connectivity index (χ0) is 20.1. The van der Waals surface area contributed by atoms with Gasteiger partial charge in [0.05, 0.1) is 18.7 Å². The third-order valence-corrected chi connectivity index (χ3v) is 5.24. The van der Waals surface area contributed by atoms with Crippen molar-refractivity contribution >= 4 is 11.8 Å². The van der Waals surface area contributed by atoms with Gasteiger partial charge in [-0.1, -0.05) is 29.8 Å². The number of aromatic nitrogens is 2. The highest BCUT2D eigenvalue weighted by atomic mass is 16.2. The second kappa shape index (κ2) is 9.01. The average Bonchev–Trinajstić information content (AvgIpc) is 3.09. The molecule has 1 aromatic heterocycles. The molecule has 1 atom stereocenters. The molecule has 1 aromatic carbocycles. The van der Waals surface area contributed by atoms with Crippen molar-refractivity contribution in [2.24, 2.45) is 7.05 Å². The molecule has 0 saturated carbocycles. The highest BCUT2D eigenvalue weighted by Gasteiger charge is 2.32. The SMILES string of the molecule is Cc1ccc(CN2CCNC(=O)[C@@H]2CC(=O)N(C)CCc2cnn(C)c2)cc1. The molecule has 0 aliphatic carbocycles. The molecular formula is C21H29N5O2. The first-order chi connectivity index (χ1) is 13.4. The van der Waals surface area contributed by atoms with Crippen LogP contribution in [0.4, 0.5) is 0 Å². The average molecular weight is 383 g/mol. The Morgan fingerprint density at radius 3 is 2.71 bits per heavy atom. The van der Waals surface area contributed by atoms with Crippen LogP contribution in [0.3, 0.4) is 0 Å². The van der Waals surface area contributed by atoms with Crippen molar-refractivity contribution in [3.63, 3.8) is 0 Å². The normalized spacial score (nSPS) is 17.4. The number of nitrogens with zero attached hydrogens (tertiary/aromatic N) is 4. The first-order valence-corrected chi connectivity index (χ1v) is 9.71. The molecule has 7 heteroatoms. The molecule has 28 heavy (non-hydrogen) atoms. The van der Waals surface area contributed by atoms with E-state index in [1.54, 1.807) is 16.6 Å². The number of hydrogen-bond donors (Lipinski definition) is 1. The minimum atomic E-state index is -0.427. The molecule has 1 N–H and O–H groups in total. The third kappa shape index (κ3) is 5.19. The van der Waals surface area contributed by atoms with Gasteiger partial charge in [-0.2, -0.15) is 5.10 Å². The van der Waals surface area contributed by atoms with Gasteiger partial charge in [0.25, 0.3) is 0 Å². The summed E-state index contributed by atoms with van der Waals surface area (Å²) in [5, 5.41) is 7.05. The van der Waals surface area contributed by atoms with Gasteiger partial charge >= 0.3 is 0 Å². The van der Waals surface area contributed by atoms with Gasteiger partial charge in [-0.3, -0.25) is 19.2 Å². The Morgan fingerprint density at radius 1 is 1.29 bits per heavy atom. The van der Waals surface area contributed by atoms with Crippen LogP contribution in [-0.2, 0) is 29.6 Å². The quantitative estimate of drug-likeness (QED) is 0.778. The number of piperazine rings is 1. The van der Waals surface area contributed by atoms with Crippen LogP contribution < -0.4 is 5.32 Å². The van der Waals surface area contributed by atoms with Crippen LogP contribution in [-0.4, -0.2) is 64.1 Å². The monoisotopic (exact) mass is 383 g/mol. The lowest BCUT2D eigenvalue weighted by Gasteiger charge is -2.35. The Labute approximate surface area is 166 Å². The molecule has 1 aliphatic rings. The van der Waals surface area contributed by atoms with Gasteiger partial charge in [-0.05, 0) is 24.5 Å². The number of rotatable bonds is 7. The van der Waals surface area contributed by atoms with Crippen molar-refractivity contribution < 1.29 is 9.59 Å². The predicted molar refractivity (Wildman–Crippen MR) is 108 cm³/mol. The fraction of sp³-hybridized carbons (Fsp3) is 0.476. The Morgan fingerprint density at radius 2 is 2.04 bits per heavy atom. The number of amides is 2. The molecular weight excluding hydrogens is 354 g/mol. The zero-order valence-electron chi connectivity index (χ0n) is 16.9. The minimum absolute atomic E-state index is 0.0140. The summed E-state index contributed by atoms with van der Waals surface area (Å²) in [7, 11) is 3.67. The highest BCUT2D eigenvalue weighted by molar-refractivity contribution is 5.88. The van der Waals surface area contributed by atoms with E-state index < -0.39 is 6.04 Å². The molecule has 0 unspecified atom stereocenters. The van der Waals surface area contributed by atoms with Crippen LogP contribution >= 0.6 is 0 Å². The molecule has 1 aliphatic heterocycles. The first-order valence-electron chi connectivity index (χ1n) is 9.71. The Balaban J connectivity index is 1.58. The molecule has 2 heterocycles. The van der Waals surface area contributed by atoms with E-state index >= 15 is 0 Å². The van der Waals surface area contributed by atoms with Crippen molar-refractivity contribution in [2.45, 2.75) is 32.4 Å². The van der Waals surface area contributed by atoms with Gasteiger partial charge in [0.2, 0.25) is 11.8 Å². The lowest BCUT2D eigenvalue weighted by molar-refractivity contribution is -0.138. The van der Waals surface area contributed by atoms with Gasteiger partial charge in [-0.15, -0.1) is 0 Å². The van der Waals surface area contributed by atoms with Crippen molar-refractivity contribution in [2.75, 3.05) is 26.7 Å². The minimum Gasteiger partial charge on any atom is -0.353 e. The molecule has 0 radical (unpaired) electrons. The summed E-state index contributed by atoms with van der Waals surface area (Å²) in [5.74, 6) is -0.0767. The van der Waals surface area contributed by atoms with Crippen LogP contribution in [0.2, 0.25) is 0 Å². The summed E-state index contributed by atoms with van der Waals surface area (Å²) in [6.45, 7) is 4.70. The molecule has 3 rings (SSSR count).